The molecule has 1 aliphatic rings. The zero-order chi connectivity index (χ0) is 25.3. The van der Waals surface area contributed by atoms with Crippen LogP contribution >= 0.6 is 31.0 Å². The van der Waals surface area contributed by atoms with Crippen LogP contribution < -0.4 is 16.0 Å². The van der Waals surface area contributed by atoms with E-state index in [1.54, 1.807) is 48.5 Å². The Kier molecular flexibility index (Phi) is 7.54. The van der Waals surface area contributed by atoms with E-state index in [1.165, 1.54) is 13.1 Å². The number of hydrogen-bond acceptors (Lipinski definition) is 6. The summed E-state index contributed by atoms with van der Waals surface area (Å²) in [4.78, 5) is 45.5. The van der Waals surface area contributed by atoms with Crippen LogP contribution in [0.2, 0.25) is 10.0 Å². The maximum Gasteiger partial charge on any atom is 0.469 e. The van der Waals surface area contributed by atoms with Gasteiger partial charge in [-0.05, 0) is 48.9 Å². The van der Waals surface area contributed by atoms with Crippen molar-refractivity contribution in [3.05, 3.63) is 96.7 Å². The van der Waals surface area contributed by atoms with Gasteiger partial charge in [-0.2, -0.15) is 0 Å². The molecule has 1 fully saturated rings. The van der Waals surface area contributed by atoms with Gasteiger partial charge in [-0.15, -0.1) is 0 Å². The van der Waals surface area contributed by atoms with Crippen LogP contribution in [0.25, 0.3) is 0 Å². The summed E-state index contributed by atoms with van der Waals surface area (Å²) >= 11 is 12.0. The van der Waals surface area contributed by atoms with Crippen LogP contribution in [0.1, 0.15) is 29.9 Å². The van der Waals surface area contributed by atoms with Crippen LogP contribution in [0.4, 0.5) is 0 Å². The molecule has 0 amide bonds. The van der Waals surface area contributed by atoms with Gasteiger partial charge in [0.15, 0.2) is 6.10 Å². The Bertz CT molecular complexity index is 1350. The number of rotatable bonds is 7. The molecular formula is C22H21Cl2N2O8P. The maximum absolute atomic E-state index is 12.5. The maximum atomic E-state index is 12.5. The molecule has 4 rings (SSSR count). The predicted octanol–water partition coefficient (Wildman–Crippen LogP) is 3.74. The van der Waals surface area contributed by atoms with Crippen molar-refractivity contribution in [3.8, 4) is 5.75 Å². The van der Waals surface area contributed by atoms with Gasteiger partial charge in [0.1, 0.15) is 24.2 Å². The topological polar surface area (TPSA) is 140 Å². The second-order valence-corrected chi connectivity index (χ2v) is 10.0. The normalized spacial score (nSPS) is 21.1. The van der Waals surface area contributed by atoms with Crippen LogP contribution in [0.3, 0.4) is 0 Å². The molecule has 1 unspecified atom stereocenters. The first-order valence-corrected chi connectivity index (χ1v) is 12.7. The minimum atomic E-state index is -4.95. The lowest BCUT2D eigenvalue weighted by atomic mass is 10.00. The molecule has 13 heteroatoms. The molecule has 1 saturated heterocycles. The first kappa shape index (κ1) is 25.7. The zero-order valence-electron chi connectivity index (χ0n) is 18.2. The van der Waals surface area contributed by atoms with Gasteiger partial charge in [-0.3, -0.25) is 18.9 Å². The molecule has 1 aliphatic heterocycles. The number of aromatic nitrogens is 2. The molecule has 4 atom stereocenters. The van der Waals surface area contributed by atoms with E-state index in [2.05, 4.69) is 4.98 Å². The van der Waals surface area contributed by atoms with Crippen molar-refractivity contribution in [1.29, 1.82) is 0 Å². The van der Waals surface area contributed by atoms with Crippen molar-refractivity contribution in [1.82, 2.24) is 9.55 Å². The van der Waals surface area contributed by atoms with E-state index in [0.717, 1.165) is 4.57 Å². The first-order valence-electron chi connectivity index (χ1n) is 10.4. The highest BCUT2D eigenvalue weighted by molar-refractivity contribution is 7.46. The minimum absolute atomic E-state index is 0.102. The number of benzene rings is 2. The van der Waals surface area contributed by atoms with Gasteiger partial charge in [-0.25, -0.2) is 9.36 Å². The first-order chi connectivity index (χ1) is 16.5. The number of halogens is 2. The quantitative estimate of drug-likeness (QED) is 0.383. The summed E-state index contributed by atoms with van der Waals surface area (Å²) in [7, 11) is -4.95. The van der Waals surface area contributed by atoms with Crippen LogP contribution in [0, 0.1) is 6.92 Å². The summed E-state index contributed by atoms with van der Waals surface area (Å²) in [5.41, 5.74) is -0.438. The summed E-state index contributed by atoms with van der Waals surface area (Å²) in [6.07, 6.45) is -2.94. The van der Waals surface area contributed by atoms with Crippen LogP contribution in [0.15, 0.2) is 64.3 Å². The van der Waals surface area contributed by atoms with Gasteiger partial charge in [0, 0.05) is 28.2 Å². The number of ether oxygens (including phenoxy) is 2. The molecule has 0 spiro atoms. The highest BCUT2D eigenvalue weighted by Crippen LogP contribution is 2.47. The average Bonchev–Trinajstić information content (AvgIpc) is 3.18. The van der Waals surface area contributed by atoms with E-state index in [4.69, 9.17) is 37.2 Å². The number of aryl methyl sites for hydroxylation is 1. The van der Waals surface area contributed by atoms with E-state index in [-0.39, 0.29) is 12.0 Å². The molecule has 1 aromatic heterocycles. The van der Waals surface area contributed by atoms with Gasteiger partial charge >= 0.3 is 13.5 Å². The molecular weight excluding hydrogens is 522 g/mol. The fraction of sp³-hybridized carbons (Fsp3) is 0.273. The molecule has 186 valence electrons. The zero-order valence-corrected chi connectivity index (χ0v) is 20.6. The van der Waals surface area contributed by atoms with Crippen molar-refractivity contribution in [3.63, 3.8) is 0 Å². The Labute approximate surface area is 209 Å². The standard InChI is InChI=1S/C22H21Cl2N2O8P/c1-12-11-26(22(28)25-21(12)27)18-10-17(34-35(29,30)31)20(33-18)19(13-2-4-14(23)5-3-13)32-16-8-6-15(24)7-9-16/h2-9,11,17-20H,10H2,1H3,(H,25,27,28)(H2,29,30,31)/t17-,18+,19?,20-/m0/s1. The van der Waals surface area contributed by atoms with Crippen molar-refractivity contribution in [2.24, 2.45) is 0 Å². The van der Waals surface area contributed by atoms with Crippen LogP contribution in [0.5, 0.6) is 5.75 Å². The third-order valence-corrected chi connectivity index (χ3v) is 6.47. The minimum Gasteiger partial charge on any atom is -0.483 e. The number of nitrogens with zero attached hydrogens (tertiary/aromatic N) is 1. The molecule has 3 N–H and O–H groups in total. The number of H-pyrrole nitrogens is 1. The lowest BCUT2D eigenvalue weighted by Crippen LogP contribution is -2.34. The van der Waals surface area contributed by atoms with Gasteiger partial charge < -0.3 is 19.3 Å². The smallest absolute Gasteiger partial charge is 0.469 e. The monoisotopic (exact) mass is 542 g/mol. The third kappa shape index (κ3) is 6.23. The summed E-state index contributed by atoms with van der Waals surface area (Å²) in [6, 6.07) is 13.2. The predicted molar refractivity (Wildman–Crippen MR) is 128 cm³/mol. The lowest BCUT2D eigenvalue weighted by molar-refractivity contribution is -0.0753. The number of phosphoric ester groups is 1. The number of aromatic amines is 1. The molecule has 3 aromatic rings. The summed E-state index contributed by atoms with van der Waals surface area (Å²) in [5, 5.41) is 0.968. The Hall–Kier alpha value is -2.43. The Morgan fingerprint density at radius 2 is 1.69 bits per heavy atom. The highest BCUT2D eigenvalue weighted by Gasteiger charge is 2.46. The van der Waals surface area contributed by atoms with E-state index >= 15 is 0 Å². The number of phosphoric acid groups is 1. The summed E-state index contributed by atoms with van der Waals surface area (Å²) in [5.74, 6) is 0.411. The molecule has 0 radical (unpaired) electrons. The molecule has 10 nitrogen and oxygen atoms in total. The fourth-order valence-electron chi connectivity index (χ4n) is 3.82. The Balaban J connectivity index is 1.75. The molecule has 0 saturated carbocycles. The Morgan fingerprint density at radius 3 is 2.29 bits per heavy atom. The van der Waals surface area contributed by atoms with Crippen LogP contribution in [-0.2, 0) is 13.8 Å². The molecule has 2 aromatic carbocycles. The van der Waals surface area contributed by atoms with Gasteiger partial charge in [0.05, 0.1) is 0 Å². The highest BCUT2D eigenvalue weighted by atomic mass is 35.5. The number of hydrogen-bond donors (Lipinski definition) is 3. The second-order valence-electron chi connectivity index (χ2n) is 7.95. The number of nitrogens with one attached hydrogen (secondary N) is 1. The lowest BCUT2D eigenvalue weighted by Gasteiger charge is -2.29. The largest absolute Gasteiger partial charge is 0.483 e. The van der Waals surface area contributed by atoms with Gasteiger partial charge in [0.25, 0.3) is 5.56 Å². The fourth-order valence-corrected chi connectivity index (χ4v) is 4.63. The van der Waals surface area contributed by atoms with E-state index in [0.29, 0.717) is 21.4 Å². The van der Waals surface area contributed by atoms with Crippen molar-refractivity contribution >= 4 is 31.0 Å². The Morgan fingerprint density at radius 1 is 1.09 bits per heavy atom. The SMILES string of the molecule is Cc1cn([C@H]2C[C@H](OP(=O)(O)O)[C@@H](C(Oc3ccc(Cl)cc3)c3ccc(Cl)cc3)O2)c(=O)[nH]c1=O. The summed E-state index contributed by atoms with van der Waals surface area (Å²) < 4.78 is 30.3. The van der Waals surface area contributed by atoms with Crippen molar-refractivity contribution < 1.29 is 28.3 Å². The van der Waals surface area contributed by atoms with Gasteiger partial charge in [-0.1, -0.05) is 35.3 Å². The molecule has 0 aliphatic carbocycles. The second kappa shape index (κ2) is 10.3. The molecule has 2 heterocycles. The molecule has 0 bridgehead atoms. The summed E-state index contributed by atoms with van der Waals surface area (Å²) in [6.45, 7) is 1.52. The average molecular weight is 543 g/mol. The molecule has 35 heavy (non-hydrogen) atoms. The van der Waals surface area contributed by atoms with E-state index in [9.17, 15) is 23.9 Å². The van der Waals surface area contributed by atoms with Gasteiger partial charge in [0.2, 0.25) is 0 Å². The van der Waals surface area contributed by atoms with E-state index in [1.807, 2.05) is 0 Å². The van der Waals surface area contributed by atoms with Crippen molar-refractivity contribution in [2.45, 2.75) is 37.9 Å². The van der Waals surface area contributed by atoms with Crippen molar-refractivity contribution in [2.75, 3.05) is 0 Å². The van der Waals surface area contributed by atoms with Crippen LogP contribution in [-0.4, -0.2) is 31.5 Å². The third-order valence-electron chi connectivity index (χ3n) is 5.42. The van der Waals surface area contributed by atoms with E-state index < -0.39 is 43.6 Å².